The molecule has 0 spiro atoms. The summed E-state index contributed by atoms with van der Waals surface area (Å²) >= 11 is 0. The van der Waals surface area contributed by atoms with Crippen LogP contribution in [-0.2, 0) is 17.8 Å². The third kappa shape index (κ3) is 5.54. The van der Waals surface area contributed by atoms with Gasteiger partial charge in [0.1, 0.15) is 5.60 Å². The maximum absolute atomic E-state index is 12.6. The largest absolute Gasteiger partial charge is 0.478 e. The number of carboxylic acid groups (broad SMARTS) is 1. The molecule has 0 aliphatic rings. The van der Waals surface area contributed by atoms with E-state index in [0.29, 0.717) is 11.4 Å². The quantitative estimate of drug-likeness (QED) is 0.881. The number of aromatic nitrogens is 2. The standard InChI is InChI=1S/C19H23N3O4/c1-13-16(17(23)24)9-8-15(21-13)12-22(18(25)26-19(2,3)4)11-14-7-5-6-10-20-14/h5-10H,11-12H2,1-4H3,(H,23,24). The van der Waals surface area contributed by atoms with Crippen molar-refractivity contribution in [1.29, 1.82) is 0 Å². The van der Waals surface area contributed by atoms with E-state index in [4.69, 9.17) is 9.84 Å². The third-order valence-corrected chi connectivity index (χ3v) is 3.46. The van der Waals surface area contributed by atoms with Crippen LogP contribution in [0.25, 0.3) is 0 Å². The molecule has 7 heteroatoms. The van der Waals surface area contributed by atoms with Crippen LogP contribution in [0, 0.1) is 6.92 Å². The molecule has 2 rings (SSSR count). The van der Waals surface area contributed by atoms with E-state index in [0.717, 1.165) is 5.69 Å². The molecule has 2 aromatic rings. The van der Waals surface area contributed by atoms with E-state index in [1.54, 1.807) is 46.0 Å². The van der Waals surface area contributed by atoms with Gasteiger partial charge in [-0.05, 0) is 52.0 Å². The predicted octanol–water partition coefficient (Wildman–Crippen LogP) is 3.42. The van der Waals surface area contributed by atoms with Gasteiger partial charge in [0.15, 0.2) is 0 Å². The molecule has 0 fully saturated rings. The molecule has 1 N–H and O–H groups in total. The second kappa shape index (κ2) is 7.95. The van der Waals surface area contributed by atoms with E-state index in [-0.39, 0.29) is 18.7 Å². The number of aromatic carboxylic acids is 1. The predicted molar refractivity (Wildman–Crippen MR) is 95.7 cm³/mol. The van der Waals surface area contributed by atoms with Crippen molar-refractivity contribution in [2.24, 2.45) is 0 Å². The zero-order valence-electron chi connectivity index (χ0n) is 15.4. The molecule has 0 aromatic carbocycles. The van der Waals surface area contributed by atoms with Gasteiger partial charge in [0.25, 0.3) is 0 Å². The first-order valence-corrected chi connectivity index (χ1v) is 8.23. The van der Waals surface area contributed by atoms with Gasteiger partial charge >= 0.3 is 12.1 Å². The first-order valence-electron chi connectivity index (χ1n) is 8.23. The Hall–Kier alpha value is -2.96. The Morgan fingerprint density at radius 2 is 1.81 bits per heavy atom. The van der Waals surface area contributed by atoms with Crippen LogP contribution in [0.15, 0.2) is 36.5 Å². The SMILES string of the molecule is Cc1nc(CN(Cc2ccccn2)C(=O)OC(C)(C)C)ccc1C(=O)O. The van der Waals surface area contributed by atoms with Gasteiger partial charge in [0.05, 0.1) is 35.7 Å². The summed E-state index contributed by atoms with van der Waals surface area (Å²) in [4.78, 5) is 33.8. The summed E-state index contributed by atoms with van der Waals surface area (Å²) in [5, 5.41) is 9.12. The fourth-order valence-corrected chi connectivity index (χ4v) is 2.32. The van der Waals surface area contributed by atoms with E-state index in [9.17, 15) is 9.59 Å². The van der Waals surface area contributed by atoms with Gasteiger partial charge < -0.3 is 9.84 Å². The molecule has 0 saturated carbocycles. The lowest BCUT2D eigenvalue weighted by atomic mass is 10.2. The molecule has 1 amide bonds. The van der Waals surface area contributed by atoms with Crippen LogP contribution in [0.5, 0.6) is 0 Å². The zero-order chi connectivity index (χ0) is 19.3. The molecule has 0 radical (unpaired) electrons. The molecule has 0 atom stereocenters. The highest BCUT2D eigenvalue weighted by Crippen LogP contribution is 2.15. The molecule has 26 heavy (non-hydrogen) atoms. The fraction of sp³-hybridized carbons (Fsp3) is 0.368. The molecule has 0 saturated heterocycles. The second-order valence-electron chi connectivity index (χ2n) is 6.90. The lowest BCUT2D eigenvalue weighted by Gasteiger charge is -2.27. The smallest absolute Gasteiger partial charge is 0.410 e. The van der Waals surface area contributed by atoms with Gasteiger partial charge in [0, 0.05) is 6.20 Å². The highest BCUT2D eigenvalue weighted by molar-refractivity contribution is 5.88. The fourth-order valence-electron chi connectivity index (χ4n) is 2.32. The van der Waals surface area contributed by atoms with E-state index in [1.807, 2.05) is 12.1 Å². The number of hydrogen-bond donors (Lipinski definition) is 1. The number of amides is 1. The number of carbonyl (C=O) groups excluding carboxylic acids is 1. The van der Waals surface area contributed by atoms with Crippen LogP contribution in [0.3, 0.4) is 0 Å². The maximum Gasteiger partial charge on any atom is 0.410 e. The summed E-state index contributed by atoms with van der Waals surface area (Å²) in [5.41, 5.74) is 1.21. The van der Waals surface area contributed by atoms with Crippen LogP contribution in [0.1, 0.15) is 48.2 Å². The molecule has 2 aromatic heterocycles. The highest BCUT2D eigenvalue weighted by atomic mass is 16.6. The summed E-state index contributed by atoms with van der Waals surface area (Å²) in [6, 6.07) is 8.57. The Morgan fingerprint density at radius 3 is 2.35 bits per heavy atom. The van der Waals surface area contributed by atoms with E-state index >= 15 is 0 Å². The van der Waals surface area contributed by atoms with Crippen LogP contribution in [0.4, 0.5) is 4.79 Å². The minimum absolute atomic E-state index is 0.141. The molecular weight excluding hydrogens is 334 g/mol. The summed E-state index contributed by atoms with van der Waals surface area (Å²) in [6.07, 6.45) is 1.18. The average Bonchev–Trinajstić information content (AvgIpc) is 2.53. The third-order valence-electron chi connectivity index (χ3n) is 3.46. The molecule has 0 bridgehead atoms. The van der Waals surface area contributed by atoms with Crippen LogP contribution in [0.2, 0.25) is 0 Å². The number of ether oxygens (including phenoxy) is 1. The Balaban J connectivity index is 2.24. The van der Waals surface area contributed by atoms with Gasteiger partial charge in [-0.2, -0.15) is 0 Å². The summed E-state index contributed by atoms with van der Waals surface area (Å²) in [6.45, 7) is 7.47. The maximum atomic E-state index is 12.6. The van der Waals surface area contributed by atoms with Gasteiger partial charge in [-0.1, -0.05) is 6.07 Å². The van der Waals surface area contributed by atoms with Crippen molar-refractivity contribution in [2.75, 3.05) is 0 Å². The van der Waals surface area contributed by atoms with Gasteiger partial charge in [0.2, 0.25) is 0 Å². The lowest BCUT2D eigenvalue weighted by molar-refractivity contribution is 0.0211. The summed E-state index contributed by atoms with van der Waals surface area (Å²) < 4.78 is 5.47. The number of hydrogen-bond acceptors (Lipinski definition) is 5. The molecule has 0 aliphatic carbocycles. The number of nitrogens with zero attached hydrogens (tertiary/aromatic N) is 3. The number of carbonyl (C=O) groups is 2. The topological polar surface area (TPSA) is 92.6 Å². The number of aryl methyl sites for hydroxylation is 1. The van der Waals surface area contributed by atoms with Gasteiger partial charge in [-0.15, -0.1) is 0 Å². The van der Waals surface area contributed by atoms with Crippen molar-refractivity contribution in [3.05, 3.63) is 59.2 Å². The first kappa shape index (κ1) is 19.4. The minimum Gasteiger partial charge on any atom is -0.478 e. The average molecular weight is 357 g/mol. The van der Waals surface area contributed by atoms with Crippen molar-refractivity contribution in [3.8, 4) is 0 Å². The normalized spacial score (nSPS) is 11.1. The number of rotatable bonds is 5. The zero-order valence-corrected chi connectivity index (χ0v) is 15.4. The molecule has 0 unspecified atom stereocenters. The highest BCUT2D eigenvalue weighted by Gasteiger charge is 2.23. The number of carboxylic acids is 1. The van der Waals surface area contributed by atoms with Crippen LogP contribution < -0.4 is 0 Å². The Labute approximate surface area is 152 Å². The van der Waals surface area contributed by atoms with Crippen molar-refractivity contribution in [1.82, 2.24) is 14.9 Å². The number of pyridine rings is 2. The lowest BCUT2D eigenvalue weighted by Crippen LogP contribution is -2.36. The van der Waals surface area contributed by atoms with Gasteiger partial charge in [-0.25, -0.2) is 9.59 Å². The van der Waals surface area contributed by atoms with Crippen molar-refractivity contribution >= 4 is 12.1 Å². The van der Waals surface area contributed by atoms with Crippen molar-refractivity contribution < 1.29 is 19.4 Å². The minimum atomic E-state index is -1.03. The molecular formula is C19H23N3O4. The Bertz CT molecular complexity index is 785. The van der Waals surface area contributed by atoms with E-state index < -0.39 is 17.7 Å². The molecule has 0 aliphatic heterocycles. The van der Waals surface area contributed by atoms with E-state index in [2.05, 4.69) is 9.97 Å². The summed E-state index contributed by atoms with van der Waals surface area (Å²) in [7, 11) is 0. The second-order valence-corrected chi connectivity index (χ2v) is 6.90. The van der Waals surface area contributed by atoms with Crippen molar-refractivity contribution in [2.45, 2.75) is 46.4 Å². The Kier molecular flexibility index (Phi) is 5.92. The summed E-state index contributed by atoms with van der Waals surface area (Å²) in [5.74, 6) is -1.03. The first-order chi connectivity index (χ1) is 12.2. The van der Waals surface area contributed by atoms with Crippen LogP contribution in [-0.4, -0.2) is 37.6 Å². The molecule has 7 nitrogen and oxygen atoms in total. The van der Waals surface area contributed by atoms with Crippen LogP contribution >= 0.6 is 0 Å². The monoisotopic (exact) mass is 357 g/mol. The molecule has 2 heterocycles. The Morgan fingerprint density at radius 1 is 1.12 bits per heavy atom. The van der Waals surface area contributed by atoms with Gasteiger partial charge in [-0.3, -0.25) is 14.9 Å². The molecule has 138 valence electrons. The van der Waals surface area contributed by atoms with Crippen molar-refractivity contribution in [3.63, 3.8) is 0 Å². The van der Waals surface area contributed by atoms with E-state index in [1.165, 1.54) is 11.0 Å².